The number of fused-ring (bicyclic) bond motifs is 1. The van der Waals surface area contributed by atoms with E-state index in [9.17, 15) is 0 Å². The molecule has 10 rings (SSSR count). The summed E-state index contributed by atoms with van der Waals surface area (Å²) < 4.78 is 2.39. The number of rotatable bonds is 13. The Bertz CT molecular complexity index is 3530. The van der Waals surface area contributed by atoms with Gasteiger partial charge >= 0.3 is 0 Å². The van der Waals surface area contributed by atoms with Gasteiger partial charge in [-0.3, -0.25) is 0 Å². The number of terminal acetylenes is 1. The zero-order valence-corrected chi connectivity index (χ0v) is 39.8. The molecule has 1 heterocycles. The number of nitrogens with zero attached hydrogens (tertiary/aromatic N) is 2. The van der Waals surface area contributed by atoms with Gasteiger partial charge in [0.2, 0.25) is 0 Å². The Labute approximate surface area is 413 Å². The molecule has 1 aliphatic carbocycles. The second kappa shape index (κ2) is 20.5. The molecule has 0 unspecified atom stereocenters. The molecule has 2 heteroatoms. The summed E-state index contributed by atoms with van der Waals surface area (Å²) in [6, 6.07) is 70.2. The van der Waals surface area contributed by atoms with Crippen molar-refractivity contribution in [3.05, 3.63) is 277 Å². The zero-order chi connectivity index (χ0) is 47.8. The maximum atomic E-state index is 6.09. The molecule has 2 nitrogen and oxygen atoms in total. The van der Waals surface area contributed by atoms with Crippen molar-refractivity contribution in [2.24, 2.45) is 0 Å². The molecule has 70 heavy (non-hydrogen) atoms. The number of para-hydroxylation sites is 1. The molecule has 0 radical (unpaired) electrons. The predicted molar refractivity (Wildman–Crippen MR) is 302 cm³/mol. The molecule has 0 bridgehead atoms. The molecule has 336 valence electrons. The molecule has 1 aromatic heterocycles. The summed E-state index contributed by atoms with van der Waals surface area (Å²) in [4.78, 5) is 2.36. The Kier molecular flexibility index (Phi) is 13.2. The van der Waals surface area contributed by atoms with Crippen LogP contribution in [0.4, 0.5) is 17.1 Å². The van der Waals surface area contributed by atoms with E-state index in [2.05, 4.69) is 272 Å². The van der Waals surface area contributed by atoms with Gasteiger partial charge in [-0.25, -0.2) is 0 Å². The summed E-state index contributed by atoms with van der Waals surface area (Å²) in [5.41, 5.74) is 21.6. The van der Waals surface area contributed by atoms with Crippen LogP contribution in [-0.4, -0.2) is 4.57 Å². The Morgan fingerprint density at radius 1 is 0.614 bits per heavy atom. The number of hydrogen-bond donors (Lipinski definition) is 0. The minimum Gasteiger partial charge on any atom is -0.313 e. The smallest absolute Gasteiger partial charge is 0.0538 e. The Hall–Kier alpha value is -8.90. The van der Waals surface area contributed by atoms with Gasteiger partial charge in [0.15, 0.2) is 0 Å². The van der Waals surface area contributed by atoms with Gasteiger partial charge in [0, 0.05) is 45.8 Å². The standard InChI is InChI=1S/C68H54N2/c1-5-8-29-65(68-49(4)69(61-26-17-12-18-27-61)67-45-40-59(48-66(67)68)53-23-13-9-10-14-24-53)60-25-19-28-64(47-60)70(63-43-38-57(39-44-63)58-35-34-51(20-6-2)50(7-3)46-58)62-41-36-56(37-42-62)55-32-30-54(31-33-55)52-21-15-11-16-22-52/h1,6-7,9-13,15-48H,3,8,14H2,2,4H3/b20-6-,65-29-. The fourth-order valence-electron chi connectivity index (χ4n) is 9.78. The summed E-state index contributed by atoms with van der Waals surface area (Å²) in [5, 5.41) is 1.18. The van der Waals surface area contributed by atoms with Crippen LogP contribution in [0.3, 0.4) is 0 Å². The van der Waals surface area contributed by atoms with Crippen molar-refractivity contribution < 1.29 is 0 Å². The SMILES string of the molecule is C#CC/C=C(/c1cccc(N(c2ccc(-c3ccc(-c4ccccc4)cc3)cc2)c2ccc(-c3ccc(/C=C\C)c(C=C)c3)cc2)c1)c1c(C)n(-c2ccccc2)c2ccc(C3=CCC=CC=C3)cc12. The molecule has 0 saturated heterocycles. The fourth-order valence-corrected chi connectivity index (χ4v) is 9.78. The average molecular weight is 899 g/mol. The van der Waals surface area contributed by atoms with Crippen molar-refractivity contribution >= 4 is 51.3 Å². The first-order chi connectivity index (χ1) is 34.5. The van der Waals surface area contributed by atoms with Gasteiger partial charge < -0.3 is 9.47 Å². The molecular weight excluding hydrogens is 845 g/mol. The van der Waals surface area contributed by atoms with Gasteiger partial charge in [0.05, 0.1) is 5.52 Å². The lowest BCUT2D eigenvalue weighted by Crippen LogP contribution is -2.10. The summed E-state index contributed by atoms with van der Waals surface area (Å²) in [6.45, 7) is 8.39. The van der Waals surface area contributed by atoms with E-state index in [0.29, 0.717) is 6.42 Å². The van der Waals surface area contributed by atoms with Gasteiger partial charge in [-0.1, -0.05) is 189 Å². The van der Waals surface area contributed by atoms with E-state index >= 15 is 0 Å². The van der Waals surface area contributed by atoms with E-state index in [1.807, 2.05) is 13.0 Å². The van der Waals surface area contributed by atoms with Crippen LogP contribution in [0.15, 0.2) is 243 Å². The molecule has 0 saturated carbocycles. The molecule has 0 N–H and O–H groups in total. The van der Waals surface area contributed by atoms with E-state index < -0.39 is 0 Å². The van der Waals surface area contributed by atoms with Crippen LogP contribution in [0.25, 0.3) is 73.3 Å². The highest BCUT2D eigenvalue weighted by atomic mass is 15.1. The van der Waals surface area contributed by atoms with Crippen LogP contribution in [0.1, 0.15) is 53.3 Å². The second-order valence-electron chi connectivity index (χ2n) is 17.5. The Balaban J connectivity index is 1.10. The first-order valence-corrected chi connectivity index (χ1v) is 24.1. The number of anilines is 3. The lowest BCUT2D eigenvalue weighted by atomic mass is 9.92. The molecular formula is C68H54N2. The average Bonchev–Trinajstić information content (AvgIpc) is 3.53. The van der Waals surface area contributed by atoms with Crippen LogP contribution in [0.2, 0.25) is 0 Å². The highest BCUT2D eigenvalue weighted by Gasteiger charge is 2.22. The summed E-state index contributed by atoms with van der Waals surface area (Å²) in [5.74, 6) is 2.94. The van der Waals surface area contributed by atoms with E-state index in [-0.39, 0.29) is 0 Å². The van der Waals surface area contributed by atoms with E-state index in [4.69, 9.17) is 6.42 Å². The topological polar surface area (TPSA) is 8.17 Å². The molecule has 1 aliphatic rings. The van der Waals surface area contributed by atoms with Crippen molar-refractivity contribution in [3.8, 4) is 51.4 Å². The normalized spacial score (nSPS) is 12.5. The molecule has 0 atom stereocenters. The van der Waals surface area contributed by atoms with Crippen LogP contribution >= 0.6 is 0 Å². The molecule has 0 spiro atoms. The quantitative estimate of drug-likeness (QED) is 0.105. The summed E-state index contributed by atoms with van der Waals surface area (Å²) in [6.07, 6.45) is 26.8. The highest BCUT2D eigenvalue weighted by Crippen LogP contribution is 2.42. The summed E-state index contributed by atoms with van der Waals surface area (Å²) >= 11 is 0. The minimum absolute atomic E-state index is 0.485. The maximum absolute atomic E-state index is 6.09. The van der Waals surface area contributed by atoms with Crippen molar-refractivity contribution in [2.75, 3.05) is 4.90 Å². The Morgan fingerprint density at radius 3 is 1.89 bits per heavy atom. The van der Waals surface area contributed by atoms with E-state index in [1.165, 1.54) is 38.8 Å². The minimum atomic E-state index is 0.485. The molecule has 0 fully saturated rings. The third-order valence-electron chi connectivity index (χ3n) is 13.2. The van der Waals surface area contributed by atoms with Gasteiger partial charge in [-0.15, -0.1) is 12.3 Å². The van der Waals surface area contributed by atoms with Crippen molar-refractivity contribution in [2.45, 2.75) is 26.7 Å². The third kappa shape index (κ3) is 9.22. The second-order valence-corrected chi connectivity index (χ2v) is 17.5. The maximum Gasteiger partial charge on any atom is 0.0538 e. The van der Waals surface area contributed by atoms with Crippen LogP contribution in [-0.2, 0) is 0 Å². The zero-order valence-electron chi connectivity index (χ0n) is 39.8. The fraction of sp³-hybridized carbons (Fsp3) is 0.0588. The van der Waals surface area contributed by atoms with Gasteiger partial charge in [0.1, 0.15) is 0 Å². The predicted octanol–water partition coefficient (Wildman–Crippen LogP) is 18.4. The van der Waals surface area contributed by atoms with Crippen molar-refractivity contribution in [1.29, 1.82) is 0 Å². The monoisotopic (exact) mass is 898 g/mol. The van der Waals surface area contributed by atoms with Gasteiger partial charge in [-0.05, 0) is 154 Å². The highest BCUT2D eigenvalue weighted by molar-refractivity contribution is 6.02. The summed E-state index contributed by atoms with van der Waals surface area (Å²) in [7, 11) is 0. The van der Waals surface area contributed by atoms with Crippen LogP contribution in [0.5, 0.6) is 0 Å². The van der Waals surface area contributed by atoms with E-state index in [0.717, 1.165) is 79.3 Å². The number of benzene rings is 8. The lowest BCUT2D eigenvalue weighted by Gasteiger charge is -2.27. The van der Waals surface area contributed by atoms with E-state index in [1.54, 1.807) is 0 Å². The Morgan fingerprint density at radius 2 is 1.23 bits per heavy atom. The van der Waals surface area contributed by atoms with Crippen LogP contribution in [0, 0.1) is 19.3 Å². The number of aromatic nitrogens is 1. The largest absolute Gasteiger partial charge is 0.313 e. The molecule has 0 aliphatic heterocycles. The number of allylic oxidation sites excluding steroid dienone is 8. The first kappa shape index (κ1) is 44.9. The van der Waals surface area contributed by atoms with Crippen molar-refractivity contribution in [3.63, 3.8) is 0 Å². The third-order valence-corrected chi connectivity index (χ3v) is 13.2. The molecule has 8 aromatic carbocycles. The van der Waals surface area contributed by atoms with Crippen LogP contribution < -0.4 is 4.90 Å². The van der Waals surface area contributed by atoms with Gasteiger partial charge in [0.25, 0.3) is 0 Å². The number of hydrogen-bond acceptors (Lipinski definition) is 1. The molecule has 0 amide bonds. The lowest BCUT2D eigenvalue weighted by molar-refractivity contribution is 1.05. The van der Waals surface area contributed by atoms with Crippen molar-refractivity contribution in [1.82, 2.24) is 4.57 Å². The first-order valence-electron chi connectivity index (χ1n) is 24.1. The molecule has 9 aromatic rings. The van der Waals surface area contributed by atoms with Gasteiger partial charge in [-0.2, -0.15) is 0 Å².